The van der Waals surface area contributed by atoms with Crippen molar-refractivity contribution in [2.45, 2.75) is 25.8 Å². The number of nitrogens with one attached hydrogen (secondary N) is 1. The number of sulfonamides is 1. The van der Waals surface area contributed by atoms with Crippen molar-refractivity contribution in [2.75, 3.05) is 26.0 Å². The average Bonchev–Trinajstić information content (AvgIpc) is 2.46. The van der Waals surface area contributed by atoms with Crippen LogP contribution in [0.25, 0.3) is 0 Å². The van der Waals surface area contributed by atoms with Crippen LogP contribution in [0.3, 0.4) is 0 Å². The summed E-state index contributed by atoms with van der Waals surface area (Å²) in [7, 11) is -3.13. The molecule has 1 aromatic rings. The number of hydrogen-bond donors (Lipinski definition) is 1. The van der Waals surface area contributed by atoms with E-state index >= 15 is 0 Å². The third-order valence-electron chi connectivity index (χ3n) is 3.74. The summed E-state index contributed by atoms with van der Waals surface area (Å²) < 4.78 is 29.8. The third-order valence-corrected chi connectivity index (χ3v) is 5.04. The zero-order valence-corrected chi connectivity index (χ0v) is 13.7. The number of rotatable bonds is 5. The lowest BCUT2D eigenvalue weighted by Crippen LogP contribution is -2.47. The molecule has 1 aliphatic rings. The summed E-state index contributed by atoms with van der Waals surface area (Å²) in [6.07, 6.45) is 2.47. The number of ether oxygens (including phenoxy) is 1. The molecule has 6 nitrogen and oxygen atoms in total. The number of hydrogen-bond acceptors (Lipinski definition) is 4. The molecule has 0 bridgehead atoms. The van der Waals surface area contributed by atoms with E-state index in [-0.39, 0.29) is 18.6 Å². The van der Waals surface area contributed by atoms with Crippen LogP contribution in [0.15, 0.2) is 24.3 Å². The first-order valence-corrected chi connectivity index (χ1v) is 9.14. The van der Waals surface area contributed by atoms with Gasteiger partial charge in [0.2, 0.25) is 10.0 Å². The molecule has 7 heteroatoms. The van der Waals surface area contributed by atoms with E-state index in [2.05, 4.69) is 5.32 Å². The highest BCUT2D eigenvalue weighted by Crippen LogP contribution is 2.16. The largest absolute Gasteiger partial charge is 0.484 e. The molecule has 1 fully saturated rings. The SMILES string of the molecule is Cc1ccccc1OCC(=O)NC1CCN(S(C)(=O)=O)CC1. The molecule has 0 atom stereocenters. The van der Waals surface area contributed by atoms with Crippen molar-refractivity contribution in [1.82, 2.24) is 9.62 Å². The normalized spacial score (nSPS) is 17.2. The summed E-state index contributed by atoms with van der Waals surface area (Å²) in [6.45, 7) is 2.79. The minimum Gasteiger partial charge on any atom is -0.484 e. The van der Waals surface area contributed by atoms with Gasteiger partial charge in [0.05, 0.1) is 6.26 Å². The number of carbonyl (C=O) groups is 1. The first-order chi connectivity index (χ1) is 10.4. The van der Waals surface area contributed by atoms with Crippen molar-refractivity contribution in [1.29, 1.82) is 0 Å². The van der Waals surface area contributed by atoms with Gasteiger partial charge in [0.1, 0.15) is 5.75 Å². The van der Waals surface area contributed by atoms with Gasteiger partial charge in [0, 0.05) is 19.1 Å². The first-order valence-electron chi connectivity index (χ1n) is 7.29. The van der Waals surface area contributed by atoms with Crippen LogP contribution in [-0.2, 0) is 14.8 Å². The van der Waals surface area contributed by atoms with Crippen LogP contribution in [0.4, 0.5) is 0 Å². The molecule has 0 unspecified atom stereocenters. The van der Waals surface area contributed by atoms with Crippen LogP contribution in [0.2, 0.25) is 0 Å². The maximum atomic E-state index is 11.9. The van der Waals surface area contributed by atoms with Gasteiger partial charge in [-0.1, -0.05) is 18.2 Å². The number of amides is 1. The Morgan fingerprint density at radius 1 is 1.32 bits per heavy atom. The molecular weight excluding hydrogens is 304 g/mol. The van der Waals surface area contributed by atoms with Gasteiger partial charge < -0.3 is 10.1 Å². The highest BCUT2D eigenvalue weighted by Gasteiger charge is 2.25. The van der Waals surface area contributed by atoms with Crippen molar-refractivity contribution < 1.29 is 17.9 Å². The fourth-order valence-electron chi connectivity index (χ4n) is 2.46. The average molecular weight is 326 g/mol. The van der Waals surface area contributed by atoms with Crippen LogP contribution in [0, 0.1) is 6.92 Å². The molecule has 1 aliphatic heterocycles. The van der Waals surface area contributed by atoms with Gasteiger partial charge in [-0.25, -0.2) is 12.7 Å². The van der Waals surface area contributed by atoms with Crippen LogP contribution in [0.5, 0.6) is 5.75 Å². The minimum atomic E-state index is -3.13. The van der Waals surface area contributed by atoms with E-state index in [0.29, 0.717) is 31.7 Å². The van der Waals surface area contributed by atoms with Crippen molar-refractivity contribution in [3.05, 3.63) is 29.8 Å². The first kappa shape index (κ1) is 16.8. The Labute approximate surface area is 131 Å². The van der Waals surface area contributed by atoms with Gasteiger partial charge in [0.15, 0.2) is 6.61 Å². The second-order valence-electron chi connectivity index (χ2n) is 5.56. The molecule has 22 heavy (non-hydrogen) atoms. The van der Waals surface area contributed by atoms with Crippen molar-refractivity contribution >= 4 is 15.9 Å². The number of benzene rings is 1. The predicted molar refractivity (Wildman–Crippen MR) is 84.3 cm³/mol. The monoisotopic (exact) mass is 326 g/mol. The van der Waals surface area contributed by atoms with Gasteiger partial charge in [-0.15, -0.1) is 0 Å². The number of piperidine rings is 1. The van der Waals surface area contributed by atoms with E-state index in [0.717, 1.165) is 5.56 Å². The van der Waals surface area contributed by atoms with Crippen molar-refractivity contribution in [3.8, 4) is 5.75 Å². The summed E-state index contributed by atoms with van der Waals surface area (Å²) >= 11 is 0. The summed E-state index contributed by atoms with van der Waals surface area (Å²) in [6, 6.07) is 7.53. The summed E-state index contributed by atoms with van der Waals surface area (Å²) in [5.41, 5.74) is 0.983. The number of carbonyl (C=O) groups excluding carboxylic acids is 1. The van der Waals surface area contributed by atoms with Gasteiger partial charge in [-0.05, 0) is 31.4 Å². The fourth-order valence-corrected chi connectivity index (χ4v) is 3.34. The Hall–Kier alpha value is -1.60. The van der Waals surface area contributed by atoms with Gasteiger partial charge in [-0.2, -0.15) is 0 Å². The summed E-state index contributed by atoms with van der Waals surface area (Å²) in [4.78, 5) is 11.9. The highest BCUT2D eigenvalue weighted by atomic mass is 32.2. The number of nitrogens with zero attached hydrogens (tertiary/aromatic N) is 1. The lowest BCUT2D eigenvalue weighted by atomic mass is 10.1. The Bertz CT molecular complexity index is 622. The molecule has 1 N–H and O–H groups in total. The van der Waals surface area contributed by atoms with E-state index in [1.165, 1.54) is 10.6 Å². The van der Waals surface area contributed by atoms with Crippen LogP contribution in [0.1, 0.15) is 18.4 Å². The molecule has 0 aliphatic carbocycles. The van der Waals surface area contributed by atoms with Crippen LogP contribution < -0.4 is 10.1 Å². The van der Waals surface area contributed by atoms with Gasteiger partial charge >= 0.3 is 0 Å². The highest BCUT2D eigenvalue weighted by molar-refractivity contribution is 7.88. The standard InChI is InChI=1S/C15H22N2O4S/c1-12-5-3-4-6-14(12)21-11-15(18)16-13-7-9-17(10-8-13)22(2,19)20/h3-6,13H,7-11H2,1-2H3,(H,16,18). The zero-order valence-electron chi connectivity index (χ0n) is 12.9. The molecule has 1 saturated heterocycles. The van der Waals surface area contributed by atoms with E-state index < -0.39 is 10.0 Å². The van der Waals surface area contributed by atoms with E-state index in [4.69, 9.17) is 4.74 Å². The van der Waals surface area contributed by atoms with E-state index in [9.17, 15) is 13.2 Å². The molecular formula is C15H22N2O4S. The Balaban J connectivity index is 1.76. The molecule has 1 aromatic carbocycles. The van der Waals surface area contributed by atoms with Crippen LogP contribution in [-0.4, -0.2) is 50.6 Å². The second-order valence-corrected chi connectivity index (χ2v) is 7.54. The minimum absolute atomic E-state index is 0.00553. The predicted octanol–water partition coefficient (Wildman–Crippen LogP) is 0.914. The lowest BCUT2D eigenvalue weighted by Gasteiger charge is -2.30. The topological polar surface area (TPSA) is 75.7 Å². The molecule has 2 rings (SSSR count). The van der Waals surface area contributed by atoms with E-state index in [1.54, 1.807) is 0 Å². The molecule has 1 heterocycles. The van der Waals surface area contributed by atoms with E-state index in [1.807, 2.05) is 31.2 Å². The molecule has 0 aromatic heterocycles. The number of para-hydroxylation sites is 1. The molecule has 0 radical (unpaired) electrons. The molecule has 0 saturated carbocycles. The Morgan fingerprint density at radius 2 is 1.95 bits per heavy atom. The van der Waals surface area contributed by atoms with Crippen molar-refractivity contribution in [3.63, 3.8) is 0 Å². The molecule has 122 valence electrons. The smallest absolute Gasteiger partial charge is 0.258 e. The second kappa shape index (κ2) is 7.11. The Kier molecular flexibility index (Phi) is 5.42. The maximum Gasteiger partial charge on any atom is 0.258 e. The lowest BCUT2D eigenvalue weighted by molar-refractivity contribution is -0.124. The Morgan fingerprint density at radius 3 is 2.55 bits per heavy atom. The van der Waals surface area contributed by atoms with Gasteiger partial charge in [-0.3, -0.25) is 4.79 Å². The summed E-state index contributed by atoms with van der Waals surface area (Å²) in [5.74, 6) is 0.519. The molecule has 1 amide bonds. The van der Waals surface area contributed by atoms with Crippen molar-refractivity contribution in [2.24, 2.45) is 0 Å². The quantitative estimate of drug-likeness (QED) is 0.873. The van der Waals surface area contributed by atoms with Crippen LogP contribution >= 0.6 is 0 Å². The molecule has 0 spiro atoms. The maximum absolute atomic E-state index is 11.9. The third kappa shape index (κ3) is 4.71. The van der Waals surface area contributed by atoms with Gasteiger partial charge in [0.25, 0.3) is 5.91 Å². The number of aryl methyl sites for hydroxylation is 1. The summed E-state index contributed by atoms with van der Waals surface area (Å²) in [5, 5.41) is 2.90. The fraction of sp³-hybridized carbons (Fsp3) is 0.533. The zero-order chi connectivity index (χ0) is 16.2.